The Morgan fingerprint density at radius 1 is 1.28 bits per heavy atom. The van der Waals surface area contributed by atoms with E-state index in [1.54, 1.807) is 14.0 Å². The standard InChI is InChI=1S/C19H24N2O3S/c1-15(24-17(22)13-25-16-9-5-3-6-10-16)18(23)21(2)19(14-20)11-7-4-8-12-19/h3,5-6,9-10,15H,4,7-8,11-13H2,1-2H3/t15-/m0/s1. The van der Waals surface area contributed by atoms with Gasteiger partial charge in [0.1, 0.15) is 5.54 Å². The Labute approximate surface area is 153 Å². The van der Waals surface area contributed by atoms with Gasteiger partial charge in [-0.15, -0.1) is 11.8 Å². The van der Waals surface area contributed by atoms with Gasteiger partial charge in [0.05, 0.1) is 11.8 Å². The number of rotatable bonds is 6. The quantitative estimate of drug-likeness (QED) is 0.574. The molecule has 0 aliphatic heterocycles. The molecule has 0 unspecified atom stereocenters. The van der Waals surface area contributed by atoms with Gasteiger partial charge in [-0.2, -0.15) is 5.26 Å². The Hall–Kier alpha value is -2.00. The zero-order valence-corrected chi connectivity index (χ0v) is 15.6. The van der Waals surface area contributed by atoms with E-state index in [0.717, 1.165) is 24.2 Å². The first-order chi connectivity index (χ1) is 12.0. The average Bonchev–Trinajstić information content (AvgIpc) is 2.66. The summed E-state index contributed by atoms with van der Waals surface area (Å²) < 4.78 is 5.27. The Balaban J connectivity index is 1.88. The maximum absolute atomic E-state index is 12.6. The largest absolute Gasteiger partial charge is 0.452 e. The Morgan fingerprint density at radius 3 is 2.52 bits per heavy atom. The minimum absolute atomic E-state index is 0.148. The predicted molar refractivity (Wildman–Crippen MR) is 96.9 cm³/mol. The summed E-state index contributed by atoms with van der Waals surface area (Å²) in [6.07, 6.45) is 3.43. The summed E-state index contributed by atoms with van der Waals surface area (Å²) in [7, 11) is 1.64. The van der Waals surface area contributed by atoms with Crippen LogP contribution in [0.25, 0.3) is 0 Å². The number of likely N-dealkylation sites (N-methyl/N-ethyl adjacent to an activating group) is 1. The summed E-state index contributed by atoms with van der Waals surface area (Å²) in [6, 6.07) is 11.9. The van der Waals surface area contributed by atoms with Crippen molar-refractivity contribution in [3.05, 3.63) is 30.3 Å². The van der Waals surface area contributed by atoms with Crippen molar-refractivity contribution in [2.75, 3.05) is 12.8 Å². The van der Waals surface area contributed by atoms with Crippen molar-refractivity contribution in [1.29, 1.82) is 5.26 Å². The topological polar surface area (TPSA) is 70.4 Å². The molecule has 1 aliphatic carbocycles. The van der Waals surface area contributed by atoms with Gasteiger partial charge in [-0.05, 0) is 31.9 Å². The Bertz CT molecular complexity index is 636. The molecule has 0 spiro atoms. The van der Waals surface area contributed by atoms with Gasteiger partial charge in [-0.3, -0.25) is 9.59 Å². The van der Waals surface area contributed by atoms with Gasteiger partial charge < -0.3 is 9.64 Å². The normalized spacial score (nSPS) is 17.2. The van der Waals surface area contributed by atoms with Gasteiger partial charge in [-0.25, -0.2) is 0 Å². The molecule has 1 amide bonds. The van der Waals surface area contributed by atoms with Gasteiger partial charge in [0, 0.05) is 11.9 Å². The van der Waals surface area contributed by atoms with Crippen LogP contribution >= 0.6 is 11.8 Å². The van der Waals surface area contributed by atoms with Crippen molar-refractivity contribution in [1.82, 2.24) is 4.90 Å². The van der Waals surface area contributed by atoms with Crippen molar-refractivity contribution in [3.63, 3.8) is 0 Å². The lowest BCUT2D eigenvalue weighted by atomic mass is 9.81. The van der Waals surface area contributed by atoms with Crippen LogP contribution in [-0.4, -0.2) is 41.2 Å². The number of benzene rings is 1. The van der Waals surface area contributed by atoms with E-state index < -0.39 is 17.6 Å². The maximum atomic E-state index is 12.6. The number of nitrogens with zero attached hydrogens (tertiary/aromatic N) is 2. The molecular formula is C19H24N2O3S. The van der Waals surface area contributed by atoms with Crippen molar-refractivity contribution < 1.29 is 14.3 Å². The van der Waals surface area contributed by atoms with Crippen molar-refractivity contribution in [2.45, 2.75) is 55.6 Å². The van der Waals surface area contributed by atoms with Crippen LogP contribution in [0.3, 0.4) is 0 Å². The molecule has 6 heteroatoms. The SMILES string of the molecule is C[C@H](OC(=O)CSc1ccccc1)C(=O)N(C)C1(C#N)CCCCC1. The number of carbonyl (C=O) groups excluding carboxylic acids is 2. The molecule has 1 atom stereocenters. The minimum atomic E-state index is -0.888. The molecule has 1 fully saturated rings. The highest BCUT2D eigenvalue weighted by Gasteiger charge is 2.40. The van der Waals surface area contributed by atoms with Crippen LogP contribution < -0.4 is 0 Å². The fourth-order valence-corrected chi connectivity index (χ4v) is 3.79. The van der Waals surface area contributed by atoms with Gasteiger partial charge in [0.2, 0.25) is 0 Å². The monoisotopic (exact) mass is 360 g/mol. The summed E-state index contributed by atoms with van der Waals surface area (Å²) in [5, 5.41) is 9.58. The molecule has 1 saturated carbocycles. The molecule has 1 aromatic carbocycles. The van der Waals surface area contributed by atoms with Crippen molar-refractivity contribution in [3.8, 4) is 6.07 Å². The molecule has 0 radical (unpaired) electrons. The number of nitriles is 1. The van der Waals surface area contributed by atoms with E-state index in [1.807, 2.05) is 30.3 Å². The average molecular weight is 360 g/mol. The van der Waals surface area contributed by atoms with E-state index in [-0.39, 0.29) is 11.7 Å². The lowest BCUT2D eigenvalue weighted by Gasteiger charge is -2.39. The second kappa shape index (κ2) is 8.91. The molecule has 2 rings (SSSR count). The predicted octanol–water partition coefficient (Wildman–Crippen LogP) is 3.40. The highest BCUT2D eigenvalue weighted by atomic mass is 32.2. The van der Waals surface area contributed by atoms with Crippen LogP contribution in [0.1, 0.15) is 39.0 Å². The van der Waals surface area contributed by atoms with Gasteiger partial charge in [-0.1, -0.05) is 37.5 Å². The van der Waals surface area contributed by atoms with Gasteiger partial charge in [0.15, 0.2) is 6.10 Å². The number of hydrogen-bond acceptors (Lipinski definition) is 5. The Kier molecular flexibility index (Phi) is 6.89. The third-order valence-corrected chi connectivity index (χ3v) is 5.60. The molecule has 0 saturated heterocycles. The fraction of sp³-hybridized carbons (Fsp3) is 0.526. The Morgan fingerprint density at radius 2 is 1.92 bits per heavy atom. The second-order valence-corrected chi connectivity index (χ2v) is 7.38. The van der Waals surface area contributed by atoms with E-state index in [2.05, 4.69) is 6.07 Å². The van der Waals surface area contributed by atoms with E-state index in [4.69, 9.17) is 4.74 Å². The number of esters is 1. The first-order valence-electron chi connectivity index (χ1n) is 8.55. The molecule has 5 nitrogen and oxygen atoms in total. The molecule has 134 valence electrons. The third kappa shape index (κ3) is 4.99. The van der Waals surface area contributed by atoms with Crippen molar-refractivity contribution >= 4 is 23.6 Å². The van der Waals surface area contributed by atoms with Crippen LogP contribution in [0.5, 0.6) is 0 Å². The minimum Gasteiger partial charge on any atom is -0.452 e. The van der Waals surface area contributed by atoms with E-state index >= 15 is 0 Å². The summed E-state index contributed by atoms with van der Waals surface area (Å²) >= 11 is 1.37. The number of thioether (sulfide) groups is 1. The number of ether oxygens (including phenoxy) is 1. The van der Waals surface area contributed by atoms with Crippen LogP contribution in [0.2, 0.25) is 0 Å². The molecule has 0 N–H and O–H groups in total. The first-order valence-corrected chi connectivity index (χ1v) is 9.53. The molecule has 25 heavy (non-hydrogen) atoms. The summed E-state index contributed by atoms with van der Waals surface area (Å²) in [5.74, 6) is -0.603. The van der Waals surface area contributed by atoms with Crippen LogP contribution in [0, 0.1) is 11.3 Å². The van der Waals surface area contributed by atoms with E-state index in [1.165, 1.54) is 16.7 Å². The van der Waals surface area contributed by atoms with E-state index in [0.29, 0.717) is 12.8 Å². The highest BCUT2D eigenvalue weighted by molar-refractivity contribution is 8.00. The second-order valence-electron chi connectivity index (χ2n) is 6.34. The zero-order chi connectivity index (χ0) is 18.3. The summed E-state index contributed by atoms with van der Waals surface area (Å²) in [5.41, 5.74) is -0.769. The van der Waals surface area contributed by atoms with Crippen LogP contribution in [0.4, 0.5) is 0 Å². The molecule has 0 bridgehead atoms. The summed E-state index contributed by atoms with van der Waals surface area (Å²) in [4.78, 5) is 27.1. The number of amides is 1. The highest BCUT2D eigenvalue weighted by Crippen LogP contribution is 2.33. The lowest BCUT2D eigenvalue weighted by Crippen LogP contribution is -2.53. The van der Waals surface area contributed by atoms with E-state index in [9.17, 15) is 14.9 Å². The molecule has 1 aliphatic rings. The van der Waals surface area contributed by atoms with Gasteiger partial charge in [0.25, 0.3) is 5.91 Å². The fourth-order valence-electron chi connectivity index (χ4n) is 3.08. The molecule has 0 heterocycles. The van der Waals surface area contributed by atoms with Crippen LogP contribution in [-0.2, 0) is 14.3 Å². The molecule has 0 aromatic heterocycles. The lowest BCUT2D eigenvalue weighted by molar-refractivity contribution is -0.159. The zero-order valence-electron chi connectivity index (χ0n) is 14.7. The summed E-state index contributed by atoms with van der Waals surface area (Å²) in [6.45, 7) is 1.57. The molecular weight excluding hydrogens is 336 g/mol. The van der Waals surface area contributed by atoms with Crippen LogP contribution in [0.15, 0.2) is 35.2 Å². The van der Waals surface area contributed by atoms with Gasteiger partial charge >= 0.3 is 5.97 Å². The van der Waals surface area contributed by atoms with Crippen molar-refractivity contribution in [2.24, 2.45) is 0 Å². The number of carbonyl (C=O) groups is 2. The first kappa shape index (κ1) is 19.3. The number of hydrogen-bond donors (Lipinski definition) is 0. The maximum Gasteiger partial charge on any atom is 0.317 e. The third-order valence-electron chi connectivity index (χ3n) is 4.62. The molecule has 1 aromatic rings. The smallest absolute Gasteiger partial charge is 0.317 e.